The summed E-state index contributed by atoms with van der Waals surface area (Å²) >= 11 is 5.42. The van der Waals surface area contributed by atoms with E-state index in [-0.39, 0.29) is 11.5 Å². The van der Waals surface area contributed by atoms with Gasteiger partial charge in [-0.1, -0.05) is 60.7 Å². The van der Waals surface area contributed by atoms with Gasteiger partial charge in [-0.15, -0.1) is 5.11 Å². The number of hydrogen-bond donors (Lipinski definition) is 2. The lowest BCUT2D eigenvalue weighted by atomic mass is 9.95. The Kier molecular flexibility index (Phi) is 3.45. The summed E-state index contributed by atoms with van der Waals surface area (Å²) in [6.45, 7) is 0. The molecule has 4 aromatic carbocycles. The van der Waals surface area contributed by atoms with Crippen LogP contribution in [0, 0.1) is 0 Å². The molecule has 0 amide bonds. The molecule has 0 saturated heterocycles. The van der Waals surface area contributed by atoms with Crippen molar-refractivity contribution in [3.05, 3.63) is 77.9 Å². The minimum atomic E-state index is -0.461. The van der Waals surface area contributed by atoms with Crippen molar-refractivity contribution in [1.82, 2.24) is 4.90 Å². The normalized spacial score (nSPS) is 17.3. The molecule has 30 heavy (non-hydrogen) atoms. The fraction of sp³-hybridized carbons (Fsp3) is 0.0435. The zero-order valence-electron chi connectivity index (χ0n) is 15.5. The Labute approximate surface area is 176 Å². The first-order valence-corrected chi connectivity index (χ1v) is 9.83. The van der Waals surface area contributed by atoms with Crippen LogP contribution in [0.1, 0.15) is 17.3 Å². The molecular formula is C23H14N4O2S. The third-order valence-corrected chi connectivity index (χ3v) is 5.88. The summed E-state index contributed by atoms with van der Waals surface area (Å²) in [6.07, 6.45) is -0.461. The van der Waals surface area contributed by atoms with Gasteiger partial charge in [0, 0.05) is 27.3 Å². The molecule has 0 saturated carbocycles. The molecule has 144 valence electrons. The monoisotopic (exact) mass is 410 g/mol. The van der Waals surface area contributed by atoms with Gasteiger partial charge in [0.2, 0.25) is 5.11 Å². The first-order chi connectivity index (χ1) is 14.6. The fourth-order valence-electron chi connectivity index (χ4n) is 4.22. The lowest BCUT2D eigenvalue weighted by Gasteiger charge is -2.30. The second kappa shape index (κ2) is 6.08. The zero-order chi connectivity index (χ0) is 20.4. The molecule has 2 heterocycles. The van der Waals surface area contributed by atoms with Gasteiger partial charge in [-0.2, -0.15) is 5.11 Å². The molecule has 0 spiro atoms. The third kappa shape index (κ3) is 2.18. The summed E-state index contributed by atoms with van der Waals surface area (Å²) in [5.74, 6) is 0.809. The highest BCUT2D eigenvalue weighted by Gasteiger charge is 2.38. The number of phenols is 2. The molecule has 1 atom stereocenters. The summed E-state index contributed by atoms with van der Waals surface area (Å²) in [4.78, 5) is 6.73. The Morgan fingerprint density at radius 3 is 2.27 bits per heavy atom. The number of benzene rings is 4. The summed E-state index contributed by atoms with van der Waals surface area (Å²) in [5, 5.41) is 33.1. The van der Waals surface area contributed by atoms with Crippen molar-refractivity contribution >= 4 is 50.4 Å². The van der Waals surface area contributed by atoms with Gasteiger partial charge in [-0.05, 0) is 18.3 Å². The van der Waals surface area contributed by atoms with E-state index in [1.54, 1.807) is 18.2 Å². The summed E-state index contributed by atoms with van der Waals surface area (Å²) in [6, 6.07) is 20.5. The van der Waals surface area contributed by atoms with Crippen molar-refractivity contribution in [2.45, 2.75) is 6.17 Å². The average molecular weight is 410 g/mol. The number of nitrogens with zero attached hydrogens (tertiary/aromatic N) is 4. The van der Waals surface area contributed by atoms with Crippen LogP contribution in [0.4, 0.5) is 5.69 Å². The van der Waals surface area contributed by atoms with Crippen LogP contribution in [0.25, 0.3) is 21.5 Å². The first kappa shape index (κ1) is 17.1. The van der Waals surface area contributed by atoms with Crippen LogP contribution in [0.3, 0.4) is 0 Å². The number of aliphatic imine (C=N–C) groups is 1. The molecule has 0 fully saturated rings. The van der Waals surface area contributed by atoms with Gasteiger partial charge in [0.1, 0.15) is 17.3 Å². The summed E-state index contributed by atoms with van der Waals surface area (Å²) < 4.78 is 0. The lowest BCUT2D eigenvalue weighted by molar-refractivity contribution is 0.476. The molecule has 0 aliphatic carbocycles. The summed E-state index contributed by atoms with van der Waals surface area (Å²) in [5.41, 5.74) is 2.20. The Bertz CT molecular complexity index is 1450. The molecular weight excluding hydrogens is 396 g/mol. The maximum atomic E-state index is 11.2. The molecule has 2 aliphatic heterocycles. The van der Waals surface area contributed by atoms with E-state index in [1.165, 1.54) is 0 Å². The molecule has 1 unspecified atom stereocenters. The minimum Gasteiger partial charge on any atom is -0.507 e. The van der Waals surface area contributed by atoms with E-state index in [0.717, 1.165) is 11.1 Å². The van der Waals surface area contributed by atoms with Crippen LogP contribution in [-0.2, 0) is 0 Å². The highest BCUT2D eigenvalue weighted by molar-refractivity contribution is 7.80. The molecule has 6 nitrogen and oxygen atoms in total. The highest BCUT2D eigenvalue weighted by Crippen LogP contribution is 2.50. The highest BCUT2D eigenvalue weighted by atomic mass is 32.1. The smallest absolute Gasteiger partial charge is 0.223 e. The number of hydrogen-bond acceptors (Lipinski definition) is 5. The Hall–Kier alpha value is -3.84. The predicted molar refractivity (Wildman–Crippen MR) is 119 cm³/mol. The van der Waals surface area contributed by atoms with E-state index in [1.807, 2.05) is 53.4 Å². The van der Waals surface area contributed by atoms with Crippen molar-refractivity contribution in [3.63, 3.8) is 0 Å². The third-order valence-electron chi connectivity index (χ3n) is 5.60. The maximum Gasteiger partial charge on any atom is 0.223 e. The van der Waals surface area contributed by atoms with E-state index >= 15 is 0 Å². The first-order valence-electron chi connectivity index (χ1n) is 9.42. The SMILES string of the molecule is Oc1c2ccccc2c(O)c2c3c(ccc12)C1N=NC(=S)N1C(c1ccccc1)=N3. The topological polar surface area (TPSA) is 80.8 Å². The van der Waals surface area contributed by atoms with Gasteiger partial charge >= 0.3 is 0 Å². The van der Waals surface area contributed by atoms with Crippen molar-refractivity contribution < 1.29 is 10.2 Å². The van der Waals surface area contributed by atoms with Crippen LogP contribution < -0.4 is 0 Å². The standard InChI is InChI=1S/C23H14N4O2S/c28-19-13-8-4-5-9-14(13)20(29)17-15(19)10-11-16-18(17)24-21(12-6-2-1-3-7-12)27-22(16)25-26-23(27)30/h1-11,22,28-29H. The van der Waals surface area contributed by atoms with Crippen molar-refractivity contribution in [3.8, 4) is 11.5 Å². The predicted octanol–water partition coefficient (Wildman–Crippen LogP) is 5.55. The number of amidine groups is 1. The van der Waals surface area contributed by atoms with Crippen molar-refractivity contribution in [2.24, 2.45) is 15.2 Å². The second-order valence-electron chi connectivity index (χ2n) is 7.21. The second-order valence-corrected chi connectivity index (χ2v) is 7.58. The molecule has 2 N–H and O–H groups in total. The Balaban J connectivity index is 1.75. The van der Waals surface area contributed by atoms with E-state index in [9.17, 15) is 10.2 Å². The van der Waals surface area contributed by atoms with Gasteiger partial charge in [0.25, 0.3) is 0 Å². The Morgan fingerprint density at radius 2 is 1.50 bits per heavy atom. The number of phenolic OH excluding ortho intramolecular Hbond substituents is 2. The molecule has 2 aliphatic rings. The van der Waals surface area contributed by atoms with E-state index in [2.05, 4.69) is 10.2 Å². The van der Waals surface area contributed by atoms with Gasteiger partial charge < -0.3 is 10.2 Å². The Morgan fingerprint density at radius 1 is 0.800 bits per heavy atom. The fourth-order valence-corrected chi connectivity index (χ4v) is 4.45. The number of thiocarbonyl (C=S) groups is 1. The van der Waals surface area contributed by atoms with Gasteiger partial charge in [-0.25, -0.2) is 4.99 Å². The van der Waals surface area contributed by atoms with E-state index < -0.39 is 6.17 Å². The zero-order valence-corrected chi connectivity index (χ0v) is 16.3. The van der Waals surface area contributed by atoms with Crippen LogP contribution in [-0.4, -0.2) is 26.1 Å². The lowest BCUT2D eigenvalue weighted by Crippen LogP contribution is -2.36. The molecule has 0 radical (unpaired) electrons. The number of rotatable bonds is 1. The van der Waals surface area contributed by atoms with Crippen LogP contribution in [0.15, 0.2) is 82.0 Å². The summed E-state index contributed by atoms with van der Waals surface area (Å²) in [7, 11) is 0. The maximum absolute atomic E-state index is 11.2. The molecule has 6 rings (SSSR count). The van der Waals surface area contributed by atoms with Gasteiger partial charge in [0.05, 0.1) is 11.1 Å². The van der Waals surface area contributed by atoms with Gasteiger partial charge in [0.15, 0.2) is 6.17 Å². The number of aromatic hydroxyl groups is 2. The van der Waals surface area contributed by atoms with Crippen molar-refractivity contribution in [2.75, 3.05) is 0 Å². The van der Waals surface area contributed by atoms with Crippen LogP contribution in [0.2, 0.25) is 0 Å². The molecule has 0 bridgehead atoms. The largest absolute Gasteiger partial charge is 0.507 e. The average Bonchev–Trinajstić information content (AvgIpc) is 3.18. The number of azo groups is 1. The number of fused-ring (bicyclic) bond motifs is 6. The van der Waals surface area contributed by atoms with E-state index in [0.29, 0.717) is 38.2 Å². The van der Waals surface area contributed by atoms with Gasteiger partial charge in [-0.3, -0.25) is 4.90 Å². The molecule has 7 heteroatoms. The van der Waals surface area contributed by atoms with Crippen LogP contribution >= 0.6 is 12.2 Å². The quantitative estimate of drug-likeness (QED) is 0.245. The van der Waals surface area contributed by atoms with Crippen molar-refractivity contribution in [1.29, 1.82) is 0 Å². The van der Waals surface area contributed by atoms with E-state index in [4.69, 9.17) is 17.2 Å². The molecule has 4 aromatic rings. The minimum absolute atomic E-state index is 0.0809. The molecule has 0 aromatic heterocycles. The van der Waals surface area contributed by atoms with Crippen LogP contribution in [0.5, 0.6) is 11.5 Å².